The molecule has 1 saturated heterocycles. The number of piperazine rings is 1. The highest BCUT2D eigenvalue weighted by molar-refractivity contribution is 6.30. The van der Waals surface area contributed by atoms with Crippen LogP contribution < -0.4 is 4.90 Å². The first-order valence-corrected chi connectivity index (χ1v) is 7.96. The summed E-state index contributed by atoms with van der Waals surface area (Å²) in [5, 5.41) is 18.0. The molecular formula is C14H11Cl2FN6O2. The second kappa shape index (κ2) is 6.82. The van der Waals surface area contributed by atoms with Gasteiger partial charge >= 0.3 is 6.09 Å². The molecule has 0 aliphatic carbocycles. The van der Waals surface area contributed by atoms with Crippen LogP contribution in [0, 0.1) is 17.1 Å². The molecule has 0 radical (unpaired) electrons. The van der Waals surface area contributed by atoms with Gasteiger partial charge in [-0.1, -0.05) is 11.6 Å². The van der Waals surface area contributed by atoms with E-state index in [-0.39, 0.29) is 35.5 Å². The molecule has 8 nitrogen and oxygen atoms in total. The maximum absolute atomic E-state index is 14.2. The highest BCUT2D eigenvalue weighted by Crippen LogP contribution is 2.30. The molecule has 3 heterocycles. The molecule has 130 valence electrons. The number of aromatic nitrogens is 3. The average Bonchev–Trinajstić information content (AvgIpc) is 2.58. The lowest BCUT2D eigenvalue weighted by atomic mass is 10.1. The van der Waals surface area contributed by atoms with Gasteiger partial charge in [0.2, 0.25) is 5.28 Å². The molecule has 1 aliphatic heterocycles. The number of amides is 1. The zero-order chi connectivity index (χ0) is 18.1. The number of carbonyl (C=O) groups is 1. The molecule has 1 aliphatic rings. The monoisotopic (exact) mass is 384 g/mol. The molecule has 0 saturated carbocycles. The number of carboxylic acid groups (broad SMARTS) is 1. The van der Waals surface area contributed by atoms with Gasteiger partial charge in [0.1, 0.15) is 11.3 Å². The molecule has 1 N–H and O–H groups in total. The van der Waals surface area contributed by atoms with E-state index in [4.69, 9.17) is 28.5 Å². The van der Waals surface area contributed by atoms with Crippen molar-refractivity contribution in [2.45, 2.75) is 12.5 Å². The predicted molar refractivity (Wildman–Crippen MR) is 88.3 cm³/mol. The number of nitrogens with zero attached hydrogens (tertiary/aromatic N) is 6. The highest BCUT2D eigenvalue weighted by Gasteiger charge is 2.32. The normalized spacial score (nSPS) is 17.6. The Labute approximate surface area is 151 Å². The van der Waals surface area contributed by atoms with Crippen molar-refractivity contribution in [3.05, 3.63) is 22.5 Å². The maximum Gasteiger partial charge on any atom is 0.407 e. The van der Waals surface area contributed by atoms with Crippen molar-refractivity contribution in [1.82, 2.24) is 19.9 Å². The number of fused-ring (bicyclic) bond motifs is 1. The SMILES string of the molecule is N#CC[C@H]1CN(c2nc(Cl)nc3c(F)c(Cl)ncc23)CCN1C(=O)O. The van der Waals surface area contributed by atoms with E-state index in [1.54, 1.807) is 4.90 Å². The van der Waals surface area contributed by atoms with Gasteiger partial charge in [0.15, 0.2) is 11.0 Å². The van der Waals surface area contributed by atoms with Crippen molar-refractivity contribution >= 4 is 46.0 Å². The van der Waals surface area contributed by atoms with E-state index in [0.29, 0.717) is 17.7 Å². The van der Waals surface area contributed by atoms with Crippen LogP contribution in [0.2, 0.25) is 10.4 Å². The van der Waals surface area contributed by atoms with Gasteiger partial charge in [-0.05, 0) is 11.6 Å². The van der Waals surface area contributed by atoms with Crippen LogP contribution in [-0.4, -0.2) is 56.7 Å². The van der Waals surface area contributed by atoms with Crippen LogP contribution in [0.3, 0.4) is 0 Å². The number of anilines is 1. The molecule has 0 unspecified atom stereocenters. The van der Waals surface area contributed by atoms with Crippen molar-refractivity contribution in [2.75, 3.05) is 24.5 Å². The third kappa shape index (κ3) is 3.23. The van der Waals surface area contributed by atoms with Gasteiger partial charge < -0.3 is 14.9 Å². The van der Waals surface area contributed by atoms with Crippen LogP contribution in [0.4, 0.5) is 15.0 Å². The van der Waals surface area contributed by atoms with Crippen LogP contribution in [0.5, 0.6) is 0 Å². The topological polar surface area (TPSA) is 106 Å². The van der Waals surface area contributed by atoms with Crippen LogP contribution in [-0.2, 0) is 0 Å². The van der Waals surface area contributed by atoms with Crippen molar-refractivity contribution in [3.8, 4) is 6.07 Å². The van der Waals surface area contributed by atoms with Crippen LogP contribution in [0.15, 0.2) is 6.20 Å². The second-order valence-electron chi connectivity index (χ2n) is 5.38. The summed E-state index contributed by atoms with van der Waals surface area (Å²) in [7, 11) is 0. The van der Waals surface area contributed by atoms with E-state index in [2.05, 4.69) is 15.0 Å². The zero-order valence-electron chi connectivity index (χ0n) is 12.7. The molecular weight excluding hydrogens is 374 g/mol. The molecule has 11 heteroatoms. The first-order valence-electron chi connectivity index (χ1n) is 7.21. The largest absolute Gasteiger partial charge is 0.465 e. The second-order valence-corrected chi connectivity index (χ2v) is 6.08. The number of pyridine rings is 1. The van der Waals surface area contributed by atoms with E-state index in [0.717, 1.165) is 0 Å². The Hall–Kier alpha value is -2.44. The number of halogens is 3. The Balaban J connectivity index is 2.03. The quantitative estimate of drug-likeness (QED) is 0.626. The van der Waals surface area contributed by atoms with Crippen molar-refractivity contribution in [3.63, 3.8) is 0 Å². The van der Waals surface area contributed by atoms with Crippen LogP contribution in [0.1, 0.15) is 6.42 Å². The predicted octanol–water partition coefficient (Wildman–Crippen LogP) is 2.55. The van der Waals surface area contributed by atoms with Crippen molar-refractivity contribution in [2.24, 2.45) is 0 Å². The summed E-state index contributed by atoms with van der Waals surface area (Å²) in [6.07, 6.45) is 0.276. The fraction of sp³-hybridized carbons (Fsp3) is 0.357. The Morgan fingerprint density at radius 3 is 2.88 bits per heavy atom. The molecule has 25 heavy (non-hydrogen) atoms. The molecule has 0 bridgehead atoms. The molecule has 1 amide bonds. The minimum atomic E-state index is -1.09. The standard InChI is InChI=1S/C14H11Cl2FN6O2/c15-11-9(17)10-8(5-19-11)12(21-13(16)20-10)22-3-4-23(14(24)25)7(6-22)1-2-18/h5,7H,1,3-4,6H2,(H,24,25)/t7-/m0/s1. The molecule has 1 fully saturated rings. The van der Waals surface area contributed by atoms with Gasteiger partial charge in [0.25, 0.3) is 0 Å². The smallest absolute Gasteiger partial charge is 0.407 e. The van der Waals surface area contributed by atoms with Crippen LogP contribution in [0.25, 0.3) is 10.9 Å². The van der Waals surface area contributed by atoms with E-state index >= 15 is 0 Å². The first kappa shape index (κ1) is 17.4. The van der Waals surface area contributed by atoms with Gasteiger partial charge in [-0.2, -0.15) is 10.2 Å². The number of hydrogen-bond donors (Lipinski definition) is 1. The summed E-state index contributed by atoms with van der Waals surface area (Å²) >= 11 is 11.6. The fourth-order valence-electron chi connectivity index (χ4n) is 2.81. The fourth-order valence-corrected chi connectivity index (χ4v) is 3.12. The van der Waals surface area contributed by atoms with E-state index in [1.807, 2.05) is 6.07 Å². The third-order valence-electron chi connectivity index (χ3n) is 3.95. The van der Waals surface area contributed by atoms with Crippen molar-refractivity contribution in [1.29, 1.82) is 5.26 Å². The third-order valence-corrected chi connectivity index (χ3v) is 4.38. The van der Waals surface area contributed by atoms with E-state index in [9.17, 15) is 14.3 Å². The lowest BCUT2D eigenvalue weighted by Crippen LogP contribution is -2.55. The minimum absolute atomic E-state index is 0.0258. The Kier molecular flexibility index (Phi) is 4.74. The molecule has 0 aromatic carbocycles. The first-order chi connectivity index (χ1) is 11.9. The van der Waals surface area contributed by atoms with Crippen molar-refractivity contribution < 1.29 is 14.3 Å². The molecule has 2 aromatic rings. The van der Waals surface area contributed by atoms with Gasteiger partial charge in [-0.3, -0.25) is 0 Å². The van der Waals surface area contributed by atoms with Gasteiger partial charge in [-0.25, -0.2) is 19.2 Å². The average molecular weight is 385 g/mol. The number of rotatable bonds is 2. The van der Waals surface area contributed by atoms with Gasteiger partial charge in [0.05, 0.1) is 23.9 Å². The lowest BCUT2D eigenvalue weighted by Gasteiger charge is -2.39. The summed E-state index contributed by atoms with van der Waals surface area (Å²) in [5.41, 5.74) is -0.0625. The summed E-state index contributed by atoms with van der Waals surface area (Å²) in [5.74, 6) is -0.478. The Bertz CT molecular complexity index is 890. The summed E-state index contributed by atoms with van der Waals surface area (Å²) in [6.45, 7) is 0.696. The molecule has 0 spiro atoms. The minimum Gasteiger partial charge on any atom is -0.465 e. The maximum atomic E-state index is 14.2. The van der Waals surface area contributed by atoms with Gasteiger partial charge in [0, 0.05) is 25.8 Å². The summed E-state index contributed by atoms with van der Waals surface area (Å²) < 4.78 is 14.2. The Morgan fingerprint density at radius 2 is 2.20 bits per heavy atom. The summed E-state index contributed by atoms with van der Waals surface area (Å²) in [4.78, 5) is 26.0. The summed E-state index contributed by atoms with van der Waals surface area (Å²) in [6, 6.07) is 1.44. The highest BCUT2D eigenvalue weighted by atomic mass is 35.5. The lowest BCUT2D eigenvalue weighted by molar-refractivity contribution is 0.119. The van der Waals surface area contributed by atoms with Crippen LogP contribution >= 0.6 is 23.2 Å². The van der Waals surface area contributed by atoms with E-state index < -0.39 is 18.0 Å². The zero-order valence-corrected chi connectivity index (χ0v) is 14.2. The molecule has 3 rings (SSSR count). The molecule has 1 atom stereocenters. The number of hydrogen-bond acceptors (Lipinski definition) is 6. The number of nitriles is 1. The van der Waals surface area contributed by atoms with E-state index in [1.165, 1.54) is 11.1 Å². The molecule has 2 aromatic heterocycles. The van der Waals surface area contributed by atoms with Gasteiger partial charge in [-0.15, -0.1) is 0 Å². The Morgan fingerprint density at radius 1 is 1.44 bits per heavy atom.